The largest absolute Gasteiger partial charge is 0.366 e. The highest BCUT2D eigenvalue weighted by Gasteiger charge is 2.27. The second-order valence-electron chi connectivity index (χ2n) is 5.69. The third-order valence-electron chi connectivity index (χ3n) is 3.89. The molecule has 3 N–H and O–H groups in total. The molecule has 0 radical (unpaired) electrons. The van der Waals surface area contributed by atoms with E-state index in [4.69, 9.17) is 10.7 Å². The molecule has 1 heterocycles. The van der Waals surface area contributed by atoms with E-state index in [9.17, 15) is 4.79 Å². The normalized spacial score (nSPS) is 17.0. The first kappa shape index (κ1) is 17.8. The fourth-order valence-electron chi connectivity index (χ4n) is 2.65. The van der Waals surface area contributed by atoms with Crippen molar-refractivity contribution in [2.24, 2.45) is 10.7 Å². The van der Waals surface area contributed by atoms with Crippen LogP contribution in [0.5, 0.6) is 0 Å². The zero-order valence-electron chi connectivity index (χ0n) is 13.7. The highest BCUT2D eigenvalue weighted by atomic mass is 79.9. The number of amidine groups is 1. The van der Waals surface area contributed by atoms with Gasteiger partial charge in [-0.15, -0.1) is 0 Å². The molecule has 25 heavy (non-hydrogen) atoms. The molecule has 0 saturated carbocycles. The molecule has 0 aromatic heterocycles. The maximum Gasteiger partial charge on any atom is 0.248 e. The second-order valence-corrected chi connectivity index (χ2v) is 7.57. The van der Waals surface area contributed by atoms with Crippen molar-refractivity contribution in [3.05, 3.63) is 81.5 Å². The number of hydrogen-bond donors (Lipinski definition) is 2. The first-order valence-corrected chi connectivity index (χ1v) is 9.60. The van der Waals surface area contributed by atoms with Crippen LogP contribution in [0.2, 0.25) is 0 Å². The Kier molecular flexibility index (Phi) is 5.60. The van der Waals surface area contributed by atoms with Gasteiger partial charge >= 0.3 is 0 Å². The van der Waals surface area contributed by atoms with Gasteiger partial charge in [0.15, 0.2) is 5.17 Å². The zero-order valence-corrected chi connectivity index (χ0v) is 16.1. The number of nitrogens with two attached hydrogens (primary N) is 1. The van der Waals surface area contributed by atoms with Gasteiger partial charge in [0.25, 0.3) is 0 Å². The van der Waals surface area contributed by atoms with E-state index < -0.39 is 5.91 Å². The molecule has 1 amide bonds. The minimum absolute atomic E-state index is 0.368. The first-order chi connectivity index (χ1) is 12.0. The molecular formula is C19H18BrN3OS. The van der Waals surface area contributed by atoms with Gasteiger partial charge in [0.05, 0.1) is 5.57 Å². The third-order valence-corrected chi connectivity index (χ3v) is 5.38. The number of carbonyl (C=O) groups excluding carboxylic acids is 1. The Hall–Kier alpha value is -2.05. The van der Waals surface area contributed by atoms with E-state index in [1.807, 2.05) is 49.4 Å². The van der Waals surface area contributed by atoms with Crippen LogP contribution in [-0.2, 0) is 10.5 Å². The fourth-order valence-corrected chi connectivity index (χ4v) is 3.81. The van der Waals surface area contributed by atoms with Crippen LogP contribution < -0.4 is 11.1 Å². The Morgan fingerprint density at radius 2 is 1.88 bits per heavy atom. The maximum absolute atomic E-state index is 11.9. The van der Waals surface area contributed by atoms with E-state index in [1.54, 1.807) is 11.8 Å². The van der Waals surface area contributed by atoms with Crippen molar-refractivity contribution in [3.8, 4) is 0 Å². The van der Waals surface area contributed by atoms with E-state index in [-0.39, 0.29) is 6.04 Å². The minimum atomic E-state index is -0.445. The van der Waals surface area contributed by atoms with Gasteiger partial charge in [0.2, 0.25) is 5.91 Å². The van der Waals surface area contributed by atoms with Gasteiger partial charge < -0.3 is 11.1 Å². The predicted molar refractivity (Wildman–Crippen MR) is 107 cm³/mol. The van der Waals surface area contributed by atoms with Crippen molar-refractivity contribution in [3.63, 3.8) is 0 Å². The average Bonchev–Trinajstić information content (AvgIpc) is 2.61. The van der Waals surface area contributed by atoms with E-state index in [1.165, 1.54) is 5.56 Å². The fraction of sp³-hybridized carbons (Fsp3) is 0.158. The van der Waals surface area contributed by atoms with Crippen LogP contribution in [0.25, 0.3) is 0 Å². The molecule has 0 aliphatic carbocycles. The molecule has 2 aromatic carbocycles. The SMILES string of the molecule is CC1=C(C(N)=O)[C@@H](c2ccccc2)N=C(SCc2ccc(Br)cc2)N1. The lowest BCUT2D eigenvalue weighted by molar-refractivity contribution is -0.114. The molecule has 2 aromatic rings. The molecular weight excluding hydrogens is 398 g/mol. The molecule has 3 rings (SSSR count). The Bertz CT molecular complexity index is 832. The van der Waals surface area contributed by atoms with Crippen LogP contribution in [-0.4, -0.2) is 11.1 Å². The zero-order chi connectivity index (χ0) is 17.8. The quantitative estimate of drug-likeness (QED) is 0.787. The van der Waals surface area contributed by atoms with Crippen LogP contribution in [0.1, 0.15) is 24.1 Å². The van der Waals surface area contributed by atoms with Crippen LogP contribution in [0, 0.1) is 0 Å². The van der Waals surface area contributed by atoms with Crippen LogP contribution in [0.15, 0.2) is 75.3 Å². The van der Waals surface area contributed by atoms with Crippen molar-refractivity contribution in [1.29, 1.82) is 0 Å². The molecule has 6 heteroatoms. The highest BCUT2D eigenvalue weighted by Crippen LogP contribution is 2.32. The van der Waals surface area contributed by atoms with Crippen molar-refractivity contribution in [2.75, 3.05) is 0 Å². The molecule has 0 bridgehead atoms. The minimum Gasteiger partial charge on any atom is -0.366 e. The second kappa shape index (κ2) is 7.89. The summed E-state index contributed by atoms with van der Waals surface area (Å²) in [6, 6.07) is 17.6. The molecule has 0 saturated heterocycles. The monoisotopic (exact) mass is 415 g/mol. The lowest BCUT2D eigenvalue weighted by Crippen LogP contribution is -2.32. The van der Waals surface area contributed by atoms with Crippen LogP contribution in [0.4, 0.5) is 0 Å². The van der Waals surface area contributed by atoms with Gasteiger partial charge in [-0.3, -0.25) is 4.79 Å². The molecule has 128 valence electrons. The van der Waals surface area contributed by atoms with E-state index in [0.29, 0.717) is 5.57 Å². The van der Waals surface area contributed by atoms with Gasteiger partial charge in [0, 0.05) is 15.9 Å². The van der Waals surface area contributed by atoms with Crippen molar-refractivity contribution < 1.29 is 4.79 Å². The third kappa shape index (κ3) is 4.32. The van der Waals surface area contributed by atoms with Crippen molar-refractivity contribution >= 4 is 38.8 Å². The summed E-state index contributed by atoms with van der Waals surface area (Å²) >= 11 is 5.05. The van der Waals surface area contributed by atoms with E-state index in [0.717, 1.165) is 26.7 Å². The Morgan fingerprint density at radius 3 is 2.52 bits per heavy atom. The summed E-state index contributed by atoms with van der Waals surface area (Å²) in [5, 5.41) is 4.00. The molecule has 1 aliphatic heterocycles. The number of nitrogens with zero attached hydrogens (tertiary/aromatic N) is 1. The van der Waals surface area contributed by atoms with E-state index in [2.05, 4.69) is 33.4 Å². The van der Waals surface area contributed by atoms with Gasteiger partial charge in [-0.2, -0.15) is 0 Å². The van der Waals surface area contributed by atoms with Gasteiger partial charge in [-0.25, -0.2) is 4.99 Å². The van der Waals surface area contributed by atoms with Gasteiger partial charge in [0.1, 0.15) is 6.04 Å². The summed E-state index contributed by atoms with van der Waals surface area (Å²) in [5.41, 5.74) is 9.03. The number of allylic oxidation sites excluding steroid dienone is 1. The van der Waals surface area contributed by atoms with Crippen molar-refractivity contribution in [1.82, 2.24) is 5.32 Å². The number of halogens is 1. The number of thioether (sulfide) groups is 1. The Labute approximate surface area is 159 Å². The summed E-state index contributed by atoms with van der Waals surface area (Å²) in [7, 11) is 0. The Balaban J connectivity index is 1.83. The molecule has 4 nitrogen and oxygen atoms in total. The predicted octanol–water partition coefficient (Wildman–Crippen LogP) is 4.14. The maximum atomic E-state index is 11.9. The number of nitrogens with one attached hydrogen (secondary N) is 1. The van der Waals surface area contributed by atoms with Gasteiger partial charge in [-0.1, -0.05) is 70.2 Å². The summed E-state index contributed by atoms with van der Waals surface area (Å²) in [5.74, 6) is 0.347. The summed E-state index contributed by atoms with van der Waals surface area (Å²) < 4.78 is 1.06. The summed E-state index contributed by atoms with van der Waals surface area (Å²) in [6.07, 6.45) is 0. The number of primary amides is 1. The number of carbonyl (C=O) groups is 1. The topological polar surface area (TPSA) is 67.5 Å². The first-order valence-electron chi connectivity index (χ1n) is 7.82. The van der Waals surface area contributed by atoms with Crippen molar-refractivity contribution in [2.45, 2.75) is 18.7 Å². The van der Waals surface area contributed by atoms with Crippen LogP contribution >= 0.6 is 27.7 Å². The molecule has 1 aliphatic rings. The summed E-state index contributed by atoms with van der Waals surface area (Å²) in [4.78, 5) is 16.6. The van der Waals surface area contributed by atoms with Gasteiger partial charge in [-0.05, 0) is 30.2 Å². The molecule has 0 spiro atoms. The van der Waals surface area contributed by atoms with Crippen LogP contribution in [0.3, 0.4) is 0 Å². The standard InChI is InChI=1S/C19H18BrN3OS/c1-12-16(18(21)24)17(14-5-3-2-4-6-14)23-19(22-12)25-11-13-7-9-15(20)10-8-13/h2-10,17H,11H2,1H3,(H2,21,24)(H,22,23)/t17-/m1/s1. The lowest BCUT2D eigenvalue weighted by Gasteiger charge is -2.25. The number of aliphatic imine (C=N–C) groups is 1. The lowest BCUT2D eigenvalue weighted by atomic mass is 9.96. The average molecular weight is 416 g/mol. The highest BCUT2D eigenvalue weighted by molar-refractivity contribution is 9.10. The number of benzene rings is 2. The number of rotatable bonds is 4. The molecule has 0 unspecified atom stereocenters. The number of amides is 1. The van der Waals surface area contributed by atoms with E-state index >= 15 is 0 Å². The molecule has 1 atom stereocenters. The Morgan fingerprint density at radius 1 is 1.20 bits per heavy atom. The summed E-state index contributed by atoms with van der Waals surface area (Å²) in [6.45, 7) is 1.87. The smallest absolute Gasteiger partial charge is 0.248 e. The number of hydrogen-bond acceptors (Lipinski definition) is 4. The molecule has 0 fully saturated rings.